The molecule has 0 heterocycles. The van der Waals surface area contributed by atoms with Crippen LogP contribution in [0, 0.1) is 13.8 Å². The van der Waals surface area contributed by atoms with Crippen molar-refractivity contribution in [2.24, 2.45) is 10.2 Å². The minimum atomic E-state index is -3.90. The first-order valence-electron chi connectivity index (χ1n) is 14.4. The quantitative estimate of drug-likeness (QED) is 0.131. The average molecular weight is 647 g/mol. The molecule has 0 aliphatic heterocycles. The third kappa shape index (κ3) is 6.39. The first kappa shape index (κ1) is 30.7. The van der Waals surface area contributed by atoms with Gasteiger partial charge in [0.2, 0.25) is 0 Å². The molecule has 0 aliphatic carbocycles. The van der Waals surface area contributed by atoms with E-state index in [1.807, 2.05) is 86.6 Å². The van der Waals surface area contributed by atoms with Crippen molar-refractivity contribution in [3.8, 4) is 11.1 Å². The van der Waals surface area contributed by atoms with Crippen LogP contribution < -0.4 is 9.66 Å². The zero-order valence-corrected chi connectivity index (χ0v) is 26.7. The van der Waals surface area contributed by atoms with Crippen LogP contribution in [0.3, 0.4) is 0 Å². The number of nitrogens with zero attached hydrogens (tertiary/aromatic N) is 2. The van der Waals surface area contributed by atoms with E-state index >= 15 is 0 Å². The van der Waals surface area contributed by atoms with Crippen molar-refractivity contribution in [1.29, 1.82) is 0 Å². The third-order valence-corrected chi connectivity index (χ3v) is 10.1. The molecular weight excluding hydrogens is 617 g/mol. The van der Waals surface area contributed by atoms with Gasteiger partial charge in [-0.3, -0.25) is 0 Å². The minimum absolute atomic E-state index is 0.106. The highest BCUT2D eigenvalue weighted by atomic mass is 32.2. The highest BCUT2D eigenvalue weighted by molar-refractivity contribution is 7.89. The molecule has 2 N–H and O–H groups in total. The van der Waals surface area contributed by atoms with E-state index in [4.69, 9.17) is 0 Å². The lowest BCUT2D eigenvalue weighted by Gasteiger charge is -2.16. The fourth-order valence-electron chi connectivity index (χ4n) is 5.22. The third-order valence-electron chi connectivity index (χ3n) is 7.59. The lowest BCUT2D eigenvalue weighted by molar-refractivity contribution is 0.583. The standard InChI is InChI=1S/C36H30N4O4S2/c1-25-11-19-31(20-12-25)45(41,42)39-37-23-29-17-15-27-7-3-5-9-33(27)35(29)36-30(18-16-28-8-4-6-10-34(28)36)24-38-40-46(43,44)32-21-13-26(2)14-22-32/h3-24,39-40H,1-2H3/b37-23+,38-24+. The molecule has 46 heavy (non-hydrogen) atoms. The second-order valence-electron chi connectivity index (χ2n) is 10.8. The maximum atomic E-state index is 12.9. The summed E-state index contributed by atoms with van der Waals surface area (Å²) in [5.41, 5.74) is 4.77. The number of benzene rings is 6. The molecule has 0 spiro atoms. The topological polar surface area (TPSA) is 117 Å². The first-order chi connectivity index (χ1) is 22.1. The SMILES string of the molecule is Cc1ccc(S(=O)(=O)N/N=C/c2ccc3ccccc3c2-c2c(/C=N/NS(=O)(=O)c3ccc(C)cc3)ccc3ccccc23)cc1. The Morgan fingerprint density at radius 2 is 0.848 bits per heavy atom. The van der Waals surface area contributed by atoms with Gasteiger partial charge in [-0.25, -0.2) is 9.66 Å². The van der Waals surface area contributed by atoms with Crippen molar-refractivity contribution in [2.75, 3.05) is 0 Å². The van der Waals surface area contributed by atoms with Crippen LogP contribution >= 0.6 is 0 Å². The summed E-state index contributed by atoms with van der Waals surface area (Å²) in [7, 11) is -7.79. The molecule has 8 nitrogen and oxygen atoms in total. The molecule has 0 fully saturated rings. The van der Waals surface area contributed by atoms with Crippen LogP contribution in [0.4, 0.5) is 0 Å². The van der Waals surface area contributed by atoms with Crippen LogP contribution in [0.1, 0.15) is 22.3 Å². The van der Waals surface area contributed by atoms with Crippen LogP contribution in [0.2, 0.25) is 0 Å². The zero-order valence-electron chi connectivity index (χ0n) is 25.0. The summed E-state index contributed by atoms with van der Waals surface area (Å²) in [6.07, 6.45) is 2.96. The summed E-state index contributed by atoms with van der Waals surface area (Å²) in [5, 5.41) is 12.1. The fraction of sp³-hybridized carbons (Fsp3) is 0.0556. The Kier molecular flexibility index (Phi) is 8.40. The molecule has 0 atom stereocenters. The van der Waals surface area contributed by atoms with Crippen molar-refractivity contribution in [3.05, 3.63) is 144 Å². The first-order valence-corrected chi connectivity index (χ1v) is 17.4. The van der Waals surface area contributed by atoms with Crippen LogP contribution in [0.15, 0.2) is 141 Å². The van der Waals surface area contributed by atoms with Gasteiger partial charge >= 0.3 is 0 Å². The number of nitrogens with one attached hydrogen (secondary N) is 2. The fourth-order valence-corrected chi connectivity index (χ4v) is 6.80. The number of hydrogen-bond donors (Lipinski definition) is 2. The van der Waals surface area contributed by atoms with Gasteiger partial charge in [0.05, 0.1) is 22.2 Å². The highest BCUT2D eigenvalue weighted by Gasteiger charge is 2.18. The second-order valence-corrected chi connectivity index (χ2v) is 14.2. The molecule has 6 rings (SSSR count). The van der Waals surface area contributed by atoms with E-state index < -0.39 is 20.0 Å². The summed E-state index contributed by atoms with van der Waals surface area (Å²) in [6.45, 7) is 3.77. The summed E-state index contributed by atoms with van der Waals surface area (Å²) in [4.78, 5) is 4.87. The lowest BCUT2D eigenvalue weighted by atomic mass is 9.87. The van der Waals surface area contributed by atoms with Gasteiger partial charge in [0.25, 0.3) is 20.0 Å². The minimum Gasteiger partial charge on any atom is -0.200 e. The number of hydrazone groups is 2. The van der Waals surface area contributed by atoms with Gasteiger partial charge in [-0.1, -0.05) is 108 Å². The second kappa shape index (κ2) is 12.6. The molecule has 0 aromatic heterocycles. The van der Waals surface area contributed by atoms with Gasteiger partial charge in [0.1, 0.15) is 0 Å². The molecule has 6 aromatic carbocycles. The van der Waals surface area contributed by atoms with Gasteiger partial charge in [-0.15, -0.1) is 0 Å². The predicted molar refractivity (Wildman–Crippen MR) is 185 cm³/mol. The van der Waals surface area contributed by atoms with E-state index in [0.717, 1.165) is 43.8 Å². The molecule has 0 bridgehead atoms. The summed E-state index contributed by atoms with van der Waals surface area (Å²) >= 11 is 0. The van der Waals surface area contributed by atoms with Gasteiger partial charge in [-0.2, -0.15) is 27.0 Å². The van der Waals surface area contributed by atoms with Crippen molar-refractivity contribution in [1.82, 2.24) is 9.66 Å². The smallest absolute Gasteiger partial charge is 0.200 e. The van der Waals surface area contributed by atoms with E-state index in [9.17, 15) is 16.8 Å². The average Bonchev–Trinajstić information content (AvgIpc) is 3.05. The van der Waals surface area contributed by atoms with Crippen molar-refractivity contribution < 1.29 is 16.8 Å². The molecule has 0 saturated heterocycles. The van der Waals surface area contributed by atoms with Gasteiger partial charge in [-0.05, 0) is 70.8 Å². The van der Waals surface area contributed by atoms with Crippen LogP contribution in [0.5, 0.6) is 0 Å². The summed E-state index contributed by atoms with van der Waals surface area (Å²) in [5.74, 6) is 0. The lowest BCUT2D eigenvalue weighted by Crippen LogP contribution is -2.18. The molecule has 10 heteroatoms. The number of fused-ring (bicyclic) bond motifs is 2. The van der Waals surface area contributed by atoms with E-state index in [1.54, 1.807) is 24.3 Å². The van der Waals surface area contributed by atoms with Gasteiger partial charge in [0, 0.05) is 11.1 Å². The number of rotatable bonds is 9. The molecule has 0 unspecified atom stereocenters. The monoisotopic (exact) mass is 646 g/mol. The molecule has 0 aliphatic rings. The molecule has 0 amide bonds. The number of sulfonamides is 2. The summed E-state index contributed by atoms with van der Waals surface area (Å²) < 4.78 is 51.8. The largest absolute Gasteiger partial charge is 0.276 e. The molecule has 0 radical (unpaired) electrons. The zero-order chi connectivity index (χ0) is 32.3. The Hall–Kier alpha value is -5.32. The normalized spacial score (nSPS) is 12.3. The van der Waals surface area contributed by atoms with Crippen LogP contribution in [0.25, 0.3) is 32.7 Å². The van der Waals surface area contributed by atoms with Crippen molar-refractivity contribution >= 4 is 54.0 Å². The Labute approximate surface area is 268 Å². The Bertz CT molecular complexity index is 2180. The van der Waals surface area contributed by atoms with Crippen molar-refractivity contribution in [2.45, 2.75) is 23.6 Å². The number of hydrogen-bond acceptors (Lipinski definition) is 6. The van der Waals surface area contributed by atoms with E-state index in [2.05, 4.69) is 19.9 Å². The van der Waals surface area contributed by atoms with E-state index in [-0.39, 0.29) is 9.79 Å². The van der Waals surface area contributed by atoms with Gasteiger partial charge < -0.3 is 0 Å². The van der Waals surface area contributed by atoms with Crippen molar-refractivity contribution in [3.63, 3.8) is 0 Å². The number of aryl methyl sites for hydroxylation is 2. The molecule has 230 valence electrons. The van der Waals surface area contributed by atoms with Crippen LogP contribution in [-0.2, 0) is 20.0 Å². The maximum Gasteiger partial charge on any atom is 0.276 e. The van der Waals surface area contributed by atoms with Crippen LogP contribution in [-0.4, -0.2) is 29.3 Å². The predicted octanol–water partition coefficient (Wildman–Crippen LogP) is 6.90. The highest BCUT2D eigenvalue weighted by Crippen LogP contribution is 2.38. The molecule has 0 saturated carbocycles. The van der Waals surface area contributed by atoms with E-state index in [0.29, 0.717) is 11.1 Å². The maximum absolute atomic E-state index is 12.9. The van der Waals surface area contributed by atoms with E-state index in [1.165, 1.54) is 36.7 Å². The summed E-state index contributed by atoms with van der Waals surface area (Å²) in [6, 6.07) is 36.4. The van der Waals surface area contributed by atoms with Gasteiger partial charge in [0.15, 0.2) is 0 Å². The molecular formula is C36H30N4O4S2. The Balaban J connectivity index is 1.46. The Morgan fingerprint density at radius 3 is 1.24 bits per heavy atom. The molecule has 6 aromatic rings. The Morgan fingerprint density at radius 1 is 0.478 bits per heavy atom.